The molecule has 1 aliphatic heterocycles. The molecule has 1 aromatic heterocycles. The van der Waals surface area contributed by atoms with Gasteiger partial charge in [0.1, 0.15) is 5.75 Å². The third-order valence-corrected chi connectivity index (χ3v) is 5.38. The molecule has 0 aliphatic carbocycles. The zero-order chi connectivity index (χ0) is 23.4. The lowest BCUT2D eigenvalue weighted by molar-refractivity contribution is -0.147. The minimum absolute atomic E-state index is 0.0199. The van der Waals surface area contributed by atoms with Crippen molar-refractivity contribution in [3.63, 3.8) is 0 Å². The van der Waals surface area contributed by atoms with E-state index >= 15 is 0 Å². The van der Waals surface area contributed by atoms with Crippen LogP contribution in [0.5, 0.6) is 5.75 Å². The van der Waals surface area contributed by atoms with Crippen LogP contribution in [0, 0.1) is 5.92 Å². The predicted molar refractivity (Wildman–Crippen MR) is 117 cm³/mol. The summed E-state index contributed by atoms with van der Waals surface area (Å²) in [7, 11) is 0. The third-order valence-electron chi connectivity index (χ3n) is 5.06. The largest absolute Gasteiger partial charge is 0.457 e. The average Bonchev–Trinajstić information content (AvgIpc) is 3.48. The molecule has 1 saturated heterocycles. The van der Waals surface area contributed by atoms with Gasteiger partial charge in [0.15, 0.2) is 12.4 Å². The number of nitrogens with zero attached hydrogens (tertiary/aromatic N) is 1. The Hall–Kier alpha value is -3.91. The molecule has 4 rings (SSSR count). The number of anilines is 1. The van der Waals surface area contributed by atoms with Crippen molar-refractivity contribution in [3.8, 4) is 5.75 Å². The molecule has 0 unspecified atom stereocenters. The van der Waals surface area contributed by atoms with Gasteiger partial charge in [-0.25, -0.2) is 4.79 Å². The second-order valence-electron chi connectivity index (χ2n) is 7.28. The Kier molecular flexibility index (Phi) is 6.55. The number of esters is 2. The van der Waals surface area contributed by atoms with Crippen molar-refractivity contribution in [3.05, 3.63) is 83.3 Å². The van der Waals surface area contributed by atoms with Crippen molar-refractivity contribution < 1.29 is 33.1 Å². The van der Waals surface area contributed by atoms with Gasteiger partial charge < -0.3 is 18.8 Å². The van der Waals surface area contributed by atoms with Crippen molar-refractivity contribution in [2.24, 2.45) is 5.92 Å². The van der Waals surface area contributed by atoms with Gasteiger partial charge in [-0.15, -0.1) is 0 Å². The van der Waals surface area contributed by atoms with Crippen molar-refractivity contribution in [2.45, 2.75) is 6.42 Å². The lowest BCUT2D eigenvalue weighted by Crippen LogP contribution is -2.27. The van der Waals surface area contributed by atoms with Gasteiger partial charge in [0, 0.05) is 18.5 Å². The summed E-state index contributed by atoms with van der Waals surface area (Å²) in [6.07, 6.45) is 1.34. The number of hydrogen-bond acceptors (Lipinski definition) is 7. The van der Waals surface area contributed by atoms with E-state index in [4.69, 9.17) is 25.5 Å². The Morgan fingerprint density at radius 3 is 2.48 bits per heavy atom. The van der Waals surface area contributed by atoms with Crippen LogP contribution in [-0.2, 0) is 14.3 Å². The maximum atomic E-state index is 12.4. The Balaban J connectivity index is 1.29. The second kappa shape index (κ2) is 9.70. The molecule has 1 aliphatic rings. The van der Waals surface area contributed by atoms with E-state index in [0.717, 1.165) is 0 Å². The van der Waals surface area contributed by atoms with Crippen molar-refractivity contribution in [1.82, 2.24) is 0 Å². The van der Waals surface area contributed by atoms with Gasteiger partial charge in [0.05, 0.1) is 22.9 Å². The number of rotatable bonds is 7. The van der Waals surface area contributed by atoms with E-state index in [2.05, 4.69) is 0 Å². The first-order valence-electron chi connectivity index (χ1n) is 10.0. The second-order valence-corrected chi connectivity index (χ2v) is 7.69. The fourth-order valence-corrected chi connectivity index (χ4v) is 3.61. The van der Waals surface area contributed by atoms with E-state index in [9.17, 15) is 19.2 Å². The molecule has 33 heavy (non-hydrogen) atoms. The molecular weight excluding hydrogens is 450 g/mol. The lowest BCUT2D eigenvalue weighted by Gasteiger charge is -2.17. The minimum Gasteiger partial charge on any atom is -0.457 e. The molecule has 8 nitrogen and oxygen atoms in total. The van der Waals surface area contributed by atoms with Crippen LogP contribution in [0.4, 0.5) is 5.69 Å². The summed E-state index contributed by atoms with van der Waals surface area (Å²) in [4.78, 5) is 50.5. The molecule has 0 N–H and O–H groups in total. The first-order chi connectivity index (χ1) is 15.9. The average molecular weight is 468 g/mol. The number of hydrogen-bond donors (Lipinski definition) is 0. The summed E-state index contributed by atoms with van der Waals surface area (Å²) in [6.45, 7) is -0.341. The molecule has 0 bridgehead atoms. The zero-order valence-corrected chi connectivity index (χ0v) is 18.0. The molecule has 1 amide bonds. The quantitative estimate of drug-likeness (QED) is 0.294. The van der Waals surface area contributed by atoms with Gasteiger partial charge in [-0.2, -0.15) is 0 Å². The summed E-state index contributed by atoms with van der Waals surface area (Å²) in [5.41, 5.74) is 0.809. The van der Waals surface area contributed by atoms with E-state index in [0.29, 0.717) is 10.7 Å². The highest BCUT2D eigenvalue weighted by atomic mass is 35.5. The van der Waals surface area contributed by atoms with Gasteiger partial charge in [0.2, 0.25) is 11.7 Å². The highest BCUT2D eigenvalue weighted by Crippen LogP contribution is 2.31. The van der Waals surface area contributed by atoms with Crippen LogP contribution < -0.4 is 9.64 Å². The predicted octanol–water partition coefficient (Wildman–Crippen LogP) is 3.93. The number of carbonyl (C=O) groups excluding carboxylic acids is 4. The maximum Gasteiger partial charge on any atom is 0.379 e. The SMILES string of the molecule is O=C(COC(=O)[C@H]1CC(=O)N(c2ccccc2Cl)C1)c1ccc(OC(=O)c2ccco2)cc1. The summed E-state index contributed by atoms with van der Waals surface area (Å²) in [5.74, 6) is -2.37. The zero-order valence-electron chi connectivity index (χ0n) is 17.2. The van der Waals surface area contributed by atoms with Gasteiger partial charge in [-0.3, -0.25) is 14.4 Å². The van der Waals surface area contributed by atoms with E-state index in [-0.39, 0.29) is 35.9 Å². The Morgan fingerprint density at radius 2 is 1.79 bits per heavy atom. The van der Waals surface area contributed by atoms with Crippen molar-refractivity contribution >= 4 is 40.9 Å². The van der Waals surface area contributed by atoms with Crippen LogP contribution in [0.15, 0.2) is 71.3 Å². The number of halogens is 1. The molecule has 9 heteroatoms. The topological polar surface area (TPSA) is 103 Å². The molecule has 0 radical (unpaired) electrons. The number of Topliss-reactive ketones (excluding diaryl/α,β-unsaturated/α-hetero) is 1. The highest BCUT2D eigenvalue weighted by molar-refractivity contribution is 6.33. The van der Waals surface area contributed by atoms with E-state index in [1.54, 1.807) is 30.3 Å². The van der Waals surface area contributed by atoms with Gasteiger partial charge in [0.25, 0.3) is 0 Å². The number of furan rings is 1. The van der Waals surface area contributed by atoms with Crippen LogP contribution >= 0.6 is 11.6 Å². The van der Waals surface area contributed by atoms with Gasteiger partial charge in [-0.05, 0) is 48.5 Å². The number of ketones is 1. The Labute approximate surface area is 193 Å². The molecule has 1 fully saturated rings. The Bertz CT molecular complexity index is 1190. The summed E-state index contributed by atoms with van der Waals surface area (Å²) in [5, 5.41) is 0.410. The van der Waals surface area contributed by atoms with Crippen LogP contribution in [0.1, 0.15) is 27.3 Å². The normalized spacial score (nSPS) is 15.4. The maximum absolute atomic E-state index is 12.4. The first kappa shape index (κ1) is 22.3. The van der Waals surface area contributed by atoms with Crippen LogP contribution in [0.3, 0.4) is 0 Å². The molecule has 2 aromatic carbocycles. The summed E-state index contributed by atoms with van der Waals surface area (Å²) >= 11 is 6.15. The highest BCUT2D eigenvalue weighted by Gasteiger charge is 2.37. The number of carbonyl (C=O) groups is 4. The summed E-state index contributed by atoms with van der Waals surface area (Å²) < 4.78 is 15.3. The fourth-order valence-electron chi connectivity index (χ4n) is 3.37. The van der Waals surface area contributed by atoms with E-state index in [1.807, 2.05) is 0 Å². The number of para-hydroxylation sites is 1. The van der Waals surface area contributed by atoms with Crippen LogP contribution in [0.2, 0.25) is 5.02 Å². The molecule has 3 aromatic rings. The molecule has 168 valence electrons. The fraction of sp³-hybridized carbons (Fsp3) is 0.167. The van der Waals surface area contributed by atoms with E-state index < -0.39 is 30.2 Å². The molecule has 0 saturated carbocycles. The smallest absolute Gasteiger partial charge is 0.379 e. The van der Waals surface area contributed by atoms with Gasteiger partial charge in [-0.1, -0.05) is 23.7 Å². The lowest BCUT2D eigenvalue weighted by atomic mass is 10.1. The standard InChI is InChI=1S/C24H18ClNO7/c25-18-4-1-2-5-19(18)26-13-16(12-22(26)28)23(29)32-14-20(27)15-7-9-17(10-8-15)33-24(30)21-6-3-11-31-21/h1-11,16H,12-14H2/t16-/m0/s1. The van der Waals surface area contributed by atoms with Crippen LogP contribution in [0.25, 0.3) is 0 Å². The summed E-state index contributed by atoms with van der Waals surface area (Å²) in [6, 6.07) is 15.7. The van der Waals surface area contributed by atoms with Crippen molar-refractivity contribution in [2.75, 3.05) is 18.1 Å². The molecular formula is C24H18ClNO7. The number of ether oxygens (including phenoxy) is 2. The van der Waals surface area contributed by atoms with Crippen LogP contribution in [-0.4, -0.2) is 36.8 Å². The minimum atomic E-state index is -0.690. The van der Waals surface area contributed by atoms with Crippen molar-refractivity contribution in [1.29, 1.82) is 0 Å². The third kappa shape index (κ3) is 5.12. The molecule has 2 heterocycles. The Morgan fingerprint density at radius 1 is 1.03 bits per heavy atom. The number of benzene rings is 2. The first-order valence-corrected chi connectivity index (χ1v) is 10.4. The monoisotopic (exact) mass is 467 g/mol. The van der Waals surface area contributed by atoms with Gasteiger partial charge >= 0.3 is 11.9 Å². The van der Waals surface area contributed by atoms with E-state index in [1.165, 1.54) is 41.5 Å². The molecule has 0 spiro atoms. The molecule has 1 atom stereocenters. The number of amides is 1.